The van der Waals surface area contributed by atoms with E-state index >= 15 is 0 Å². The molecule has 2 rings (SSSR count). The Kier molecular flexibility index (Phi) is 3.12. The summed E-state index contributed by atoms with van der Waals surface area (Å²) in [5.41, 5.74) is -0.0534. The van der Waals surface area contributed by atoms with Crippen LogP contribution in [0.25, 0.3) is 0 Å². The van der Waals surface area contributed by atoms with Crippen LogP contribution >= 0.6 is 0 Å². The van der Waals surface area contributed by atoms with Crippen LogP contribution < -0.4 is 0 Å². The second-order valence-electron chi connectivity index (χ2n) is 5.37. The molecule has 0 amide bonds. The summed E-state index contributed by atoms with van der Waals surface area (Å²) in [6, 6.07) is 0.485. The number of hydrogen-bond acceptors (Lipinski definition) is 3. The highest BCUT2D eigenvalue weighted by molar-refractivity contribution is 5.81. The monoisotopic (exact) mass is 211 g/mol. The van der Waals surface area contributed by atoms with Crippen LogP contribution in [0.15, 0.2) is 0 Å². The van der Waals surface area contributed by atoms with Crippen LogP contribution in [0.3, 0.4) is 0 Å². The average Bonchev–Trinajstić information content (AvgIpc) is 2.49. The van der Waals surface area contributed by atoms with Crippen molar-refractivity contribution in [2.75, 3.05) is 19.7 Å². The number of hydrogen-bond donors (Lipinski definition) is 0. The van der Waals surface area contributed by atoms with Gasteiger partial charge in [0.1, 0.15) is 5.78 Å². The van der Waals surface area contributed by atoms with Crippen LogP contribution in [-0.2, 0) is 9.53 Å². The lowest BCUT2D eigenvalue weighted by molar-refractivity contribution is -0.117. The van der Waals surface area contributed by atoms with Gasteiger partial charge in [-0.05, 0) is 26.7 Å². The van der Waals surface area contributed by atoms with Gasteiger partial charge in [0.05, 0.1) is 5.60 Å². The molecule has 1 unspecified atom stereocenters. The highest BCUT2D eigenvalue weighted by Gasteiger charge is 2.33. The van der Waals surface area contributed by atoms with Gasteiger partial charge in [0.25, 0.3) is 0 Å². The molecule has 1 aliphatic heterocycles. The van der Waals surface area contributed by atoms with Crippen molar-refractivity contribution in [3.63, 3.8) is 0 Å². The highest BCUT2D eigenvalue weighted by atomic mass is 16.5. The summed E-state index contributed by atoms with van der Waals surface area (Å²) in [5, 5.41) is 0. The molecule has 3 heteroatoms. The van der Waals surface area contributed by atoms with Gasteiger partial charge in [-0.3, -0.25) is 9.69 Å². The van der Waals surface area contributed by atoms with Crippen LogP contribution in [0.5, 0.6) is 0 Å². The van der Waals surface area contributed by atoms with Crippen LogP contribution in [-0.4, -0.2) is 42.0 Å². The van der Waals surface area contributed by atoms with Gasteiger partial charge in [0.15, 0.2) is 0 Å². The molecule has 2 fully saturated rings. The van der Waals surface area contributed by atoms with E-state index in [2.05, 4.69) is 18.7 Å². The summed E-state index contributed by atoms with van der Waals surface area (Å²) in [5.74, 6) is 0.433. The first kappa shape index (κ1) is 11.1. The van der Waals surface area contributed by atoms with Gasteiger partial charge in [-0.1, -0.05) is 0 Å². The zero-order valence-corrected chi connectivity index (χ0v) is 9.79. The molecule has 1 atom stereocenters. The van der Waals surface area contributed by atoms with Gasteiger partial charge in [-0.15, -0.1) is 0 Å². The normalized spacial score (nSPS) is 32.9. The molecule has 3 nitrogen and oxygen atoms in total. The van der Waals surface area contributed by atoms with E-state index in [1.165, 1.54) is 0 Å². The SMILES string of the molecule is CC1(C)CN(C2CCC(=O)C2)CCCO1. The predicted molar refractivity (Wildman–Crippen MR) is 58.9 cm³/mol. The van der Waals surface area contributed by atoms with E-state index in [4.69, 9.17) is 4.74 Å². The molecule has 2 aliphatic rings. The van der Waals surface area contributed by atoms with Gasteiger partial charge in [-0.2, -0.15) is 0 Å². The number of rotatable bonds is 1. The Balaban J connectivity index is 1.98. The largest absolute Gasteiger partial charge is 0.374 e. The summed E-state index contributed by atoms with van der Waals surface area (Å²) in [6.45, 7) is 7.18. The van der Waals surface area contributed by atoms with Crippen molar-refractivity contribution in [3.05, 3.63) is 0 Å². The molecule has 0 N–H and O–H groups in total. The van der Waals surface area contributed by atoms with Gasteiger partial charge < -0.3 is 4.74 Å². The zero-order valence-electron chi connectivity index (χ0n) is 9.79. The maximum absolute atomic E-state index is 11.3. The molecule has 0 aromatic carbocycles. The molecule has 0 aromatic heterocycles. The van der Waals surface area contributed by atoms with Crippen molar-refractivity contribution >= 4 is 5.78 Å². The number of nitrogens with zero attached hydrogens (tertiary/aromatic N) is 1. The Labute approximate surface area is 91.8 Å². The summed E-state index contributed by atoms with van der Waals surface area (Å²) >= 11 is 0. The van der Waals surface area contributed by atoms with Crippen LogP contribution in [0.4, 0.5) is 0 Å². The third-order valence-electron chi connectivity index (χ3n) is 3.40. The maximum Gasteiger partial charge on any atom is 0.134 e. The Morgan fingerprint density at radius 3 is 2.93 bits per heavy atom. The minimum absolute atomic E-state index is 0.0534. The predicted octanol–water partition coefficient (Wildman–Crippen LogP) is 1.61. The third-order valence-corrected chi connectivity index (χ3v) is 3.40. The first-order valence-corrected chi connectivity index (χ1v) is 5.96. The Bertz CT molecular complexity index is 250. The van der Waals surface area contributed by atoms with E-state index in [1.807, 2.05) is 0 Å². The molecule has 15 heavy (non-hydrogen) atoms. The van der Waals surface area contributed by atoms with Gasteiger partial charge in [0.2, 0.25) is 0 Å². The highest BCUT2D eigenvalue weighted by Crippen LogP contribution is 2.25. The van der Waals surface area contributed by atoms with Crippen molar-refractivity contribution in [2.45, 2.75) is 51.2 Å². The van der Waals surface area contributed by atoms with Gasteiger partial charge in [0, 0.05) is 38.6 Å². The van der Waals surface area contributed by atoms with Crippen LogP contribution in [0.2, 0.25) is 0 Å². The minimum atomic E-state index is -0.0534. The van der Waals surface area contributed by atoms with Crippen molar-refractivity contribution in [3.8, 4) is 0 Å². The van der Waals surface area contributed by atoms with Crippen molar-refractivity contribution in [1.29, 1.82) is 0 Å². The first-order chi connectivity index (χ1) is 7.07. The summed E-state index contributed by atoms with van der Waals surface area (Å²) in [4.78, 5) is 13.7. The smallest absolute Gasteiger partial charge is 0.134 e. The molecular formula is C12H21NO2. The Morgan fingerprint density at radius 2 is 2.27 bits per heavy atom. The molecule has 1 saturated heterocycles. The number of carbonyl (C=O) groups excluding carboxylic acids is 1. The Hall–Kier alpha value is -0.410. The van der Waals surface area contributed by atoms with E-state index in [0.717, 1.165) is 45.4 Å². The molecule has 0 aromatic rings. The number of carbonyl (C=O) groups is 1. The summed E-state index contributed by atoms with van der Waals surface area (Å²) in [7, 11) is 0. The number of Topliss-reactive ketones (excluding diaryl/α,β-unsaturated/α-hetero) is 1. The van der Waals surface area contributed by atoms with E-state index in [1.54, 1.807) is 0 Å². The lowest BCUT2D eigenvalue weighted by atomic mass is 10.1. The Morgan fingerprint density at radius 1 is 1.47 bits per heavy atom. The third kappa shape index (κ3) is 2.79. The van der Waals surface area contributed by atoms with Crippen molar-refractivity contribution in [2.24, 2.45) is 0 Å². The lowest BCUT2D eigenvalue weighted by Gasteiger charge is -2.32. The van der Waals surface area contributed by atoms with E-state index in [-0.39, 0.29) is 5.60 Å². The van der Waals surface area contributed by atoms with Crippen LogP contribution in [0, 0.1) is 0 Å². The second kappa shape index (κ2) is 4.22. The maximum atomic E-state index is 11.3. The van der Waals surface area contributed by atoms with Crippen molar-refractivity contribution in [1.82, 2.24) is 4.90 Å². The molecule has 86 valence electrons. The number of ether oxygens (including phenoxy) is 1. The molecule has 1 aliphatic carbocycles. The zero-order chi connectivity index (χ0) is 10.9. The second-order valence-corrected chi connectivity index (χ2v) is 5.37. The minimum Gasteiger partial charge on any atom is -0.374 e. The molecule has 0 radical (unpaired) electrons. The van der Waals surface area contributed by atoms with E-state index < -0.39 is 0 Å². The average molecular weight is 211 g/mol. The molecule has 1 saturated carbocycles. The molecular weight excluding hydrogens is 190 g/mol. The van der Waals surface area contributed by atoms with Gasteiger partial charge in [-0.25, -0.2) is 0 Å². The number of ketones is 1. The first-order valence-electron chi connectivity index (χ1n) is 5.96. The quantitative estimate of drug-likeness (QED) is 0.660. The molecule has 0 bridgehead atoms. The summed E-state index contributed by atoms with van der Waals surface area (Å²) in [6.07, 6.45) is 3.68. The standard InChI is InChI=1S/C12H21NO2/c1-12(2)9-13(6-3-7-15-12)10-4-5-11(14)8-10/h10H,3-9H2,1-2H3. The van der Waals surface area contributed by atoms with E-state index in [0.29, 0.717) is 11.8 Å². The summed E-state index contributed by atoms with van der Waals surface area (Å²) < 4.78 is 5.78. The topological polar surface area (TPSA) is 29.5 Å². The van der Waals surface area contributed by atoms with Crippen LogP contribution in [0.1, 0.15) is 39.5 Å². The molecule has 0 spiro atoms. The van der Waals surface area contributed by atoms with Crippen molar-refractivity contribution < 1.29 is 9.53 Å². The fourth-order valence-corrected chi connectivity index (χ4v) is 2.65. The van der Waals surface area contributed by atoms with E-state index in [9.17, 15) is 4.79 Å². The molecule has 1 heterocycles. The fourth-order valence-electron chi connectivity index (χ4n) is 2.65. The lowest BCUT2D eigenvalue weighted by Crippen LogP contribution is -2.43. The fraction of sp³-hybridized carbons (Fsp3) is 0.917. The van der Waals surface area contributed by atoms with Gasteiger partial charge >= 0.3 is 0 Å².